The first-order valence-corrected chi connectivity index (χ1v) is 17.8. The lowest BCUT2D eigenvalue weighted by atomic mass is 9.55. The minimum Gasteiger partial charge on any atom is -0.521 e. The lowest BCUT2D eigenvalue weighted by Crippen LogP contribution is -2.55. The molecule has 9 aromatic rings. The maximum absolute atomic E-state index is 7.02. The predicted octanol–water partition coefficient (Wildman–Crippen LogP) is 9.93. The Morgan fingerprint density at radius 3 is 0.769 bits per heavy atom. The zero-order valence-electron chi connectivity index (χ0n) is 27.6. The van der Waals surface area contributed by atoms with Crippen LogP contribution in [0.3, 0.4) is 0 Å². The van der Waals surface area contributed by atoms with E-state index >= 15 is 0 Å². The van der Waals surface area contributed by atoms with Crippen LogP contribution in [0.5, 0.6) is 23.0 Å². The van der Waals surface area contributed by atoms with Gasteiger partial charge in [0.25, 0.3) is 0 Å². The van der Waals surface area contributed by atoms with Crippen LogP contribution in [0.1, 0.15) is 0 Å². The van der Waals surface area contributed by atoms with E-state index in [0.29, 0.717) is 0 Å². The van der Waals surface area contributed by atoms with Crippen LogP contribution < -0.4 is 29.5 Å². The number of hydrogen-bond donors (Lipinski definition) is 0. The monoisotopic (exact) mass is 662 g/mol. The summed E-state index contributed by atoms with van der Waals surface area (Å²) in [5.41, 5.74) is 10.8. The summed E-state index contributed by atoms with van der Waals surface area (Å²) in [6, 6.07) is 51.4. The minimum absolute atomic E-state index is 0.671. The van der Waals surface area contributed by atoms with Crippen molar-refractivity contribution in [2.24, 2.45) is 0 Å². The van der Waals surface area contributed by atoms with Crippen LogP contribution in [-0.2, 0) is 0 Å². The van der Waals surface area contributed by atoms with E-state index in [0.717, 1.165) is 122 Å². The first kappa shape index (κ1) is 27.1. The normalized spacial score (nSPS) is 13.9. The number of rotatable bonds is 0. The smallest absolute Gasteiger partial charge is 0.521 e. The van der Waals surface area contributed by atoms with Crippen molar-refractivity contribution in [2.45, 2.75) is 0 Å². The van der Waals surface area contributed by atoms with Gasteiger partial charge in [0, 0.05) is 33.2 Å². The first-order valence-electron chi connectivity index (χ1n) is 17.8. The molecule has 0 aromatic heterocycles. The van der Waals surface area contributed by atoms with Gasteiger partial charge in [-0.15, -0.1) is 0 Å². The molecule has 0 atom stereocenters. The number of benzene rings is 9. The molecular weight excluding hydrogens is 638 g/mol. The molecule has 0 aliphatic carbocycles. The second-order valence-corrected chi connectivity index (χ2v) is 14.1. The summed E-state index contributed by atoms with van der Waals surface area (Å²) in [4.78, 5) is 0. The average Bonchev–Trinajstić information content (AvgIpc) is 3.20. The molecule has 0 amide bonds. The molecule has 0 saturated heterocycles. The van der Waals surface area contributed by atoms with Crippen LogP contribution in [-0.4, -0.2) is 14.2 Å². The molecule has 4 aliphatic heterocycles. The summed E-state index contributed by atoms with van der Waals surface area (Å²) in [5.74, 6) is 3.20. The van der Waals surface area contributed by atoms with Gasteiger partial charge in [-0.2, -0.15) is 0 Å². The second-order valence-electron chi connectivity index (χ2n) is 14.1. The van der Waals surface area contributed by atoms with Crippen molar-refractivity contribution in [2.75, 3.05) is 0 Å². The number of hydrogen-bond acceptors (Lipinski definition) is 4. The van der Waals surface area contributed by atoms with Gasteiger partial charge in [0.1, 0.15) is 23.0 Å². The highest BCUT2D eigenvalue weighted by Gasteiger charge is 2.52. The average molecular weight is 662 g/mol. The third-order valence-corrected chi connectivity index (χ3v) is 11.5. The fraction of sp³-hybridized carbons (Fsp3) is 0. The molecule has 0 fully saturated rings. The summed E-state index contributed by atoms with van der Waals surface area (Å²) >= 11 is 0. The molecule has 0 saturated carbocycles. The van der Waals surface area contributed by atoms with Gasteiger partial charge in [-0.1, -0.05) is 121 Å². The molecule has 238 valence electrons. The van der Waals surface area contributed by atoms with Gasteiger partial charge in [-0.25, -0.2) is 0 Å². The molecule has 0 spiro atoms. The lowest BCUT2D eigenvalue weighted by molar-refractivity contribution is 0.433. The molecule has 0 unspecified atom stereocenters. The van der Waals surface area contributed by atoms with Crippen LogP contribution in [0.2, 0.25) is 0 Å². The summed E-state index contributed by atoms with van der Waals surface area (Å²) in [7, 11) is -1.34. The molecule has 0 radical (unpaired) electrons. The molecule has 0 N–H and O–H groups in total. The third kappa shape index (κ3) is 3.31. The summed E-state index contributed by atoms with van der Waals surface area (Å²) in [5, 5.41) is 9.14. The molecule has 4 aliphatic rings. The third-order valence-electron chi connectivity index (χ3n) is 11.5. The van der Waals surface area contributed by atoms with E-state index in [1.54, 1.807) is 0 Å². The Balaban J connectivity index is 1.34. The summed E-state index contributed by atoms with van der Waals surface area (Å²) in [6.07, 6.45) is 0. The lowest BCUT2D eigenvalue weighted by Gasteiger charge is -2.41. The highest BCUT2D eigenvalue weighted by atomic mass is 16.6. The molecule has 6 heteroatoms. The first-order chi connectivity index (χ1) is 25.8. The Morgan fingerprint density at radius 2 is 0.500 bits per heavy atom. The van der Waals surface area contributed by atoms with Crippen LogP contribution in [0, 0.1) is 0 Å². The maximum atomic E-state index is 7.02. The molecule has 0 bridgehead atoms. The second kappa shape index (κ2) is 9.56. The van der Waals surface area contributed by atoms with Crippen molar-refractivity contribution in [3.63, 3.8) is 0 Å². The Hall–Kier alpha value is -6.65. The molecule has 9 aromatic carbocycles. The van der Waals surface area contributed by atoms with E-state index in [1.165, 1.54) is 0 Å². The van der Waals surface area contributed by atoms with Gasteiger partial charge < -0.3 is 18.6 Å². The molecule has 4 nitrogen and oxygen atoms in total. The summed E-state index contributed by atoms with van der Waals surface area (Å²) < 4.78 is 28.1. The Morgan fingerprint density at radius 1 is 0.250 bits per heavy atom. The van der Waals surface area contributed by atoms with E-state index in [-0.39, 0.29) is 0 Å². The SMILES string of the molecule is c1ccc2c3c(ccc2c1)OB1Oc2ccc4ccccc4c2-c2c1c-3c1c3c2-c2c(ccc4ccccc24)OB3Oc2ccc3ccccc3c2-1. The van der Waals surface area contributed by atoms with E-state index < -0.39 is 14.2 Å². The van der Waals surface area contributed by atoms with Crippen molar-refractivity contribution in [1.29, 1.82) is 0 Å². The predicted molar refractivity (Wildman–Crippen MR) is 211 cm³/mol. The molecule has 4 heterocycles. The standard InChI is InChI=1S/C46H24B2O4/c1-5-13-29-25(9-1)17-21-33-37(29)41-42-38-30-14-6-2-10-26(30)18-22-34(38)51-48-46(42)44(40-32-16-8-4-12-28(32)20-24-36(40)52-48)43-39-31-15-7-3-11-27(31)19-23-35(39)50-47(49-33)45(41)43/h1-24H. The molecule has 52 heavy (non-hydrogen) atoms. The Bertz CT molecular complexity index is 2700. The van der Waals surface area contributed by atoms with Gasteiger partial charge in [0.15, 0.2) is 0 Å². The van der Waals surface area contributed by atoms with Crippen molar-refractivity contribution in [1.82, 2.24) is 0 Å². The van der Waals surface area contributed by atoms with E-state index in [4.69, 9.17) is 18.6 Å². The molecular formula is C46H24B2O4. The van der Waals surface area contributed by atoms with Crippen LogP contribution in [0.15, 0.2) is 146 Å². The van der Waals surface area contributed by atoms with Crippen molar-refractivity contribution >= 4 is 68.3 Å². The van der Waals surface area contributed by atoms with Crippen LogP contribution in [0.4, 0.5) is 0 Å². The van der Waals surface area contributed by atoms with Gasteiger partial charge >= 0.3 is 14.2 Å². The largest absolute Gasteiger partial charge is 0.634 e. The Labute approximate surface area is 299 Å². The van der Waals surface area contributed by atoms with Gasteiger partial charge in [0.2, 0.25) is 0 Å². The van der Waals surface area contributed by atoms with Crippen molar-refractivity contribution in [3.8, 4) is 67.5 Å². The Kier molecular flexibility index (Phi) is 4.99. The summed E-state index contributed by atoms with van der Waals surface area (Å²) in [6.45, 7) is 0. The minimum atomic E-state index is -0.671. The number of fused-ring (bicyclic) bond motifs is 18. The van der Waals surface area contributed by atoms with E-state index in [9.17, 15) is 0 Å². The van der Waals surface area contributed by atoms with E-state index in [2.05, 4.69) is 146 Å². The van der Waals surface area contributed by atoms with Gasteiger partial charge in [-0.05, 0) is 89.6 Å². The maximum Gasteiger partial charge on any atom is 0.634 e. The van der Waals surface area contributed by atoms with Crippen LogP contribution in [0.25, 0.3) is 87.6 Å². The zero-order chi connectivity index (χ0) is 33.7. The van der Waals surface area contributed by atoms with Crippen molar-refractivity contribution in [3.05, 3.63) is 146 Å². The fourth-order valence-electron chi connectivity index (χ4n) is 9.47. The van der Waals surface area contributed by atoms with Gasteiger partial charge in [-0.3, -0.25) is 0 Å². The topological polar surface area (TPSA) is 36.9 Å². The highest BCUT2D eigenvalue weighted by molar-refractivity contribution is 6.74. The van der Waals surface area contributed by atoms with Crippen molar-refractivity contribution < 1.29 is 18.6 Å². The quantitative estimate of drug-likeness (QED) is 0.152. The highest BCUT2D eigenvalue weighted by Crippen LogP contribution is 2.57. The molecule has 13 rings (SSSR count). The zero-order valence-corrected chi connectivity index (χ0v) is 27.6. The van der Waals surface area contributed by atoms with Gasteiger partial charge in [0.05, 0.1) is 0 Å². The fourth-order valence-corrected chi connectivity index (χ4v) is 9.47. The van der Waals surface area contributed by atoms with Crippen LogP contribution >= 0.6 is 0 Å². The van der Waals surface area contributed by atoms with E-state index in [1.807, 2.05) is 0 Å².